The first-order valence-corrected chi connectivity index (χ1v) is 7.38. The Labute approximate surface area is 120 Å². The number of benzene rings is 1. The summed E-state index contributed by atoms with van der Waals surface area (Å²) in [5.41, 5.74) is 1.39. The van der Waals surface area contributed by atoms with Gasteiger partial charge in [0.05, 0.1) is 5.56 Å². The molecule has 0 aliphatic carbocycles. The summed E-state index contributed by atoms with van der Waals surface area (Å²) in [6.45, 7) is 3.61. The summed E-state index contributed by atoms with van der Waals surface area (Å²) in [4.78, 5) is 14.6. The Morgan fingerprint density at radius 1 is 1.45 bits per heavy atom. The molecule has 1 fully saturated rings. The van der Waals surface area contributed by atoms with E-state index in [4.69, 9.17) is 0 Å². The van der Waals surface area contributed by atoms with Crippen molar-refractivity contribution in [2.45, 2.75) is 38.6 Å². The molecule has 110 valence electrons. The minimum absolute atomic E-state index is 0.0386. The van der Waals surface area contributed by atoms with Crippen molar-refractivity contribution in [2.24, 2.45) is 0 Å². The van der Waals surface area contributed by atoms with Gasteiger partial charge in [-0.1, -0.05) is 6.07 Å². The van der Waals surface area contributed by atoms with Gasteiger partial charge in [0.15, 0.2) is 0 Å². The number of rotatable bonds is 4. The van der Waals surface area contributed by atoms with Crippen LogP contribution in [0, 0.1) is 6.92 Å². The van der Waals surface area contributed by atoms with E-state index in [1.165, 1.54) is 6.42 Å². The predicted octanol–water partition coefficient (Wildman–Crippen LogP) is 2.30. The molecule has 1 atom stereocenters. The zero-order valence-electron chi connectivity index (χ0n) is 12.4. The molecule has 2 N–H and O–H groups in total. The van der Waals surface area contributed by atoms with Crippen molar-refractivity contribution in [3.8, 4) is 5.75 Å². The molecular weight excluding hydrogens is 252 g/mol. The van der Waals surface area contributed by atoms with Crippen LogP contribution in [0.4, 0.5) is 0 Å². The fourth-order valence-electron chi connectivity index (χ4n) is 2.86. The van der Waals surface area contributed by atoms with E-state index < -0.39 is 0 Å². The van der Waals surface area contributed by atoms with Crippen LogP contribution in [0.2, 0.25) is 0 Å². The Morgan fingerprint density at radius 2 is 2.25 bits per heavy atom. The van der Waals surface area contributed by atoms with Gasteiger partial charge >= 0.3 is 0 Å². The SMILES string of the molecule is CNCCC1CCCCN1C(=O)c1ccc(C)cc1O. The highest BCUT2D eigenvalue weighted by Gasteiger charge is 2.28. The summed E-state index contributed by atoms with van der Waals surface area (Å²) in [5, 5.41) is 13.1. The topological polar surface area (TPSA) is 52.6 Å². The van der Waals surface area contributed by atoms with Gasteiger partial charge in [-0.3, -0.25) is 4.79 Å². The van der Waals surface area contributed by atoms with E-state index in [1.807, 2.05) is 24.9 Å². The van der Waals surface area contributed by atoms with E-state index >= 15 is 0 Å². The number of carbonyl (C=O) groups excluding carboxylic acids is 1. The van der Waals surface area contributed by atoms with Gasteiger partial charge in [-0.25, -0.2) is 0 Å². The van der Waals surface area contributed by atoms with Crippen LogP contribution >= 0.6 is 0 Å². The summed E-state index contributed by atoms with van der Waals surface area (Å²) in [6.07, 6.45) is 4.25. The second-order valence-corrected chi connectivity index (χ2v) is 5.56. The molecule has 1 aliphatic rings. The van der Waals surface area contributed by atoms with Crippen LogP contribution in [-0.4, -0.2) is 42.1 Å². The van der Waals surface area contributed by atoms with Gasteiger partial charge in [-0.05, 0) is 63.9 Å². The summed E-state index contributed by atoms with van der Waals surface area (Å²) >= 11 is 0. The molecule has 20 heavy (non-hydrogen) atoms. The van der Waals surface area contributed by atoms with Crippen LogP contribution in [-0.2, 0) is 0 Å². The van der Waals surface area contributed by atoms with Crippen molar-refractivity contribution in [1.82, 2.24) is 10.2 Å². The number of aromatic hydroxyl groups is 1. The lowest BCUT2D eigenvalue weighted by molar-refractivity contribution is 0.0599. The second kappa shape index (κ2) is 6.75. The van der Waals surface area contributed by atoms with Gasteiger partial charge < -0.3 is 15.3 Å². The highest BCUT2D eigenvalue weighted by molar-refractivity contribution is 5.97. The number of amides is 1. The first-order valence-electron chi connectivity index (χ1n) is 7.38. The normalized spacial score (nSPS) is 19.1. The molecule has 1 aliphatic heterocycles. The zero-order valence-corrected chi connectivity index (χ0v) is 12.4. The summed E-state index contributed by atoms with van der Waals surface area (Å²) in [5.74, 6) is 0.0521. The molecule has 1 aromatic carbocycles. The van der Waals surface area contributed by atoms with Crippen molar-refractivity contribution in [2.75, 3.05) is 20.1 Å². The fraction of sp³-hybridized carbons (Fsp3) is 0.562. The molecule has 1 aromatic rings. The number of phenols is 1. The molecule has 4 heteroatoms. The van der Waals surface area contributed by atoms with E-state index in [-0.39, 0.29) is 17.7 Å². The Morgan fingerprint density at radius 3 is 2.95 bits per heavy atom. The Balaban J connectivity index is 2.16. The number of aryl methyl sites for hydroxylation is 1. The number of nitrogens with zero attached hydrogens (tertiary/aromatic N) is 1. The summed E-state index contributed by atoms with van der Waals surface area (Å²) in [6, 6.07) is 5.54. The van der Waals surface area contributed by atoms with Gasteiger partial charge in [-0.15, -0.1) is 0 Å². The van der Waals surface area contributed by atoms with Crippen LogP contribution in [0.1, 0.15) is 41.6 Å². The predicted molar refractivity (Wildman–Crippen MR) is 80.1 cm³/mol. The molecule has 1 heterocycles. The third-order valence-corrected chi connectivity index (χ3v) is 4.00. The maximum absolute atomic E-state index is 12.7. The molecule has 1 unspecified atom stereocenters. The number of hydrogen-bond donors (Lipinski definition) is 2. The van der Waals surface area contributed by atoms with Gasteiger partial charge in [0.1, 0.15) is 5.75 Å². The molecule has 0 aromatic heterocycles. The van der Waals surface area contributed by atoms with Gasteiger partial charge in [0.25, 0.3) is 5.91 Å². The molecule has 0 spiro atoms. The quantitative estimate of drug-likeness (QED) is 0.887. The largest absolute Gasteiger partial charge is 0.507 e. The van der Waals surface area contributed by atoms with Crippen molar-refractivity contribution in [3.63, 3.8) is 0 Å². The van der Waals surface area contributed by atoms with E-state index in [1.54, 1.807) is 12.1 Å². The van der Waals surface area contributed by atoms with Gasteiger partial charge in [-0.2, -0.15) is 0 Å². The van der Waals surface area contributed by atoms with Gasteiger partial charge in [0, 0.05) is 12.6 Å². The number of phenolic OH excluding ortho intramolecular Hbond substituents is 1. The molecule has 4 nitrogen and oxygen atoms in total. The zero-order chi connectivity index (χ0) is 14.5. The first-order chi connectivity index (χ1) is 9.63. The fourth-order valence-corrected chi connectivity index (χ4v) is 2.86. The van der Waals surface area contributed by atoms with Gasteiger partial charge in [0.2, 0.25) is 0 Å². The van der Waals surface area contributed by atoms with E-state index in [9.17, 15) is 9.90 Å². The van der Waals surface area contributed by atoms with Crippen molar-refractivity contribution in [1.29, 1.82) is 0 Å². The Kier molecular flexibility index (Phi) is 5.01. The lowest BCUT2D eigenvalue weighted by Gasteiger charge is -2.36. The molecule has 1 saturated heterocycles. The number of likely N-dealkylation sites (tertiary alicyclic amines) is 1. The highest BCUT2D eigenvalue weighted by Crippen LogP contribution is 2.26. The Hall–Kier alpha value is -1.55. The van der Waals surface area contributed by atoms with E-state index in [2.05, 4.69) is 5.32 Å². The maximum Gasteiger partial charge on any atom is 0.257 e. The first kappa shape index (κ1) is 14.9. The highest BCUT2D eigenvalue weighted by atomic mass is 16.3. The molecular formula is C16H24N2O2. The van der Waals surface area contributed by atoms with Crippen LogP contribution in [0.5, 0.6) is 5.75 Å². The smallest absolute Gasteiger partial charge is 0.257 e. The van der Waals surface area contributed by atoms with E-state index in [0.29, 0.717) is 5.56 Å². The minimum Gasteiger partial charge on any atom is -0.507 e. The third-order valence-electron chi connectivity index (χ3n) is 4.00. The summed E-state index contributed by atoms with van der Waals surface area (Å²) in [7, 11) is 1.93. The number of hydrogen-bond acceptors (Lipinski definition) is 3. The van der Waals surface area contributed by atoms with Crippen LogP contribution in [0.15, 0.2) is 18.2 Å². The standard InChI is InChI=1S/C16H24N2O2/c1-12-6-7-14(15(19)11-12)16(20)18-10-4-3-5-13(18)8-9-17-2/h6-7,11,13,17,19H,3-5,8-10H2,1-2H3. The maximum atomic E-state index is 12.7. The number of carbonyl (C=O) groups is 1. The van der Waals surface area contributed by atoms with Crippen molar-refractivity contribution >= 4 is 5.91 Å². The van der Waals surface area contributed by atoms with Crippen LogP contribution in [0.3, 0.4) is 0 Å². The number of piperidine rings is 1. The van der Waals surface area contributed by atoms with E-state index in [0.717, 1.165) is 37.9 Å². The van der Waals surface area contributed by atoms with Crippen LogP contribution in [0.25, 0.3) is 0 Å². The average Bonchev–Trinajstić information content (AvgIpc) is 2.45. The molecule has 2 rings (SSSR count). The lowest BCUT2D eigenvalue weighted by atomic mass is 9.97. The lowest BCUT2D eigenvalue weighted by Crippen LogP contribution is -2.44. The molecule has 0 radical (unpaired) electrons. The monoisotopic (exact) mass is 276 g/mol. The molecule has 0 bridgehead atoms. The third kappa shape index (κ3) is 3.31. The van der Waals surface area contributed by atoms with Crippen LogP contribution < -0.4 is 5.32 Å². The van der Waals surface area contributed by atoms with Crippen molar-refractivity contribution in [3.05, 3.63) is 29.3 Å². The Bertz CT molecular complexity index is 474. The average molecular weight is 276 g/mol. The molecule has 1 amide bonds. The molecule has 0 saturated carbocycles. The second-order valence-electron chi connectivity index (χ2n) is 5.56. The minimum atomic E-state index is -0.0386. The van der Waals surface area contributed by atoms with Crippen molar-refractivity contribution < 1.29 is 9.90 Å². The summed E-state index contributed by atoms with van der Waals surface area (Å²) < 4.78 is 0. The number of nitrogens with one attached hydrogen (secondary N) is 1.